The Hall–Kier alpha value is -3.09. The highest BCUT2D eigenvalue weighted by Crippen LogP contribution is 2.23. The van der Waals surface area contributed by atoms with Crippen molar-refractivity contribution in [1.82, 2.24) is 9.88 Å². The number of pyridine rings is 1. The zero-order chi connectivity index (χ0) is 22.3. The molecule has 3 rings (SSSR count). The molecule has 1 atom stereocenters. The zero-order valence-electron chi connectivity index (χ0n) is 18.4. The fourth-order valence-corrected chi connectivity index (χ4v) is 3.28. The fourth-order valence-electron chi connectivity index (χ4n) is 3.28. The molecule has 0 radical (unpaired) electrons. The summed E-state index contributed by atoms with van der Waals surface area (Å²) in [5, 5.41) is 0. The van der Waals surface area contributed by atoms with Crippen LogP contribution in [0, 0.1) is 5.92 Å². The van der Waals surface area contributed by atoms with Crippen LogP contribution in [0.1, 0.15) is 44.7 Å². The number of likely N-dealkylation sites (tertiary alicyclic amines) is 1. The van der Waals surface area contributed by atoms with Crippen LogP contribution in [0.3, 0.4) is 0 Å². The quantitative estimate of drug-likeness (QED) is 0.613. The first kappa shape index (κ1) is 22.6. The van der Waals surface area contributed by atoms with E-state index in [0.29, 0.717) is 26.1 Å². The maximum absolute atomic E-state index is 12.2. The zero-order valence-corrected chi connectivity index (χ0v) is 18.4. The van der Waals surface area contributed by atoms with E-state index in [1.165, 1.54) is 0 Å². The lowest BCUT2D eigenvalue weighted by atomic mass is 10.1. The Kier molecular flexibility index (Phi) is 7.50. The second-order valence-corrected chi connectivity index (χ2v) is 8.73. The third-order valence-corrected chi connectivity index (χ3v) is 4.87. The Labute approximate surface area is 183 Å². The summed E-state index contributed by atoms with van der Waals surface area (Å²) in [5.74, 6) is 0.595. The van der Waals surface area contributed by atoms with Gasteiger partial charge in [0, 0.05) is 25.5 Å². The summed E-state index contributed by atoms with van der Waals surface area (Å²) in [6.45, 7) is 7.34. The van der Waals surface area contributed by atoms with Gasteiger partial charge in [-0.2, -0.15) is 0 Å². The lowest BCUT2D eigenvalue weighted by molar-refractivity contribution is -0.146. The number of hydrogen-bond donors (Lipinski definition) is 0. The van der Waals surface area contributed by atoms with Crippen LogP contribution in [-0.4, -0.2) is 40.6 Å². The molecular formula is C24H30N2O5. The second kappa shape index (κ2) is 10.3. The average Bonchev–Trinajstić information content (AvgIpc) is 3.20. The Morgan fingerprint density at radius 3 is 2.39 bits per heavy atom. The van der Waals surface area contributed by atoms with Crippen LogP contribution in [0.15, 0.2) is 48.8 Å². The molecule has 0 saturated carbocycles. The van der Waals surface area contributed by atoms with Crippen LogP contribution in [0.2, 0.25) is 0 Å². The molecule has 7 nitrogen and oxygen atoms in total. The highest BCUT2D eigenvalue weighted by molar-refractivity contribution is 5.71. The van der Waals surface area contributed by atoms with Crippen molar-refractivity contribution < 1.29 is 23.8 Å². The highest BCUT2D eigenvalue weighted by Gasteiger charge is 2.31. The van der Waals surface area contributed by atoms with Gasteiger partial charge in [-0.25, -0.2) is 4.79 Å². The summed E-state index contributed by atoms with van der Waals surface area (Å²) < 4.78 is 16.5. The Balaban J connectivity index is 1.37. The standard InChI is InChI=1S/C24H30N2O5/c1-24(2,3)31-23(28)26-13-10-20(15-26)14-22(27)30-17-18-4-6-21(7-5-18)29-16-19-8-11-25-12-9-19/h4-9,11-12,20H,10,13-17H2,1-3H3/t20-/m0/s1. The molecule has 31 heavy (non-hydrogen) atoms. The summed E-state index contributed by atoms with van der Waals surface area (Å²) in [6.07, 6.45) is 4.22. The molecule has 0 N–H and O–H groups in total. The van der Waals surface area contributed by atoms with Gasteiger partial charge in [-0.1, -0.05) is 12.1 Å². The maximum atomic E-state index is 12.2. The minimum absolute atomic E-state index is 0.101. The molecular weight excluding hydrogens is 396 g/mol. The van der Waals surface area contributed by atoms with Crippen molar-refractivity contribution in [3.8, 4) is 5.75 Å². The van der Waals surface area contributed by atoms with Gasteiger partial charge in [0.1, 0.15) is 24.6 Å². The molecule has 0 unspecified atom stereocenters. The van der Waals surface area contributed by atoms with Gasteiger partial charge in [-0.05, 0) is 68.5 Å². The molecule has 1 fully saturated rings. The summed E-state index contributed by atoms with van der Waals surface area (Å²) >= 11 is 0. The number of ether oxygens (including phenoxy) is 3. The summed E-state index contributed by atoms with van der Waals surface area (Å²) in [6, 6.07) is 11.3. The lowest BCUT2D eigenvalue weighted by Crippen LogP contribution is -2.35. The summed E-state index contributed by atoms with van der Waals surface area (Å²) in [4.78, 5) is 30.0. The number of amides is 1. The van der Waals surface area contributed by atoms with Gasteiger partial charge >= 0.3 is 12.1 Å². The molecule has 1 aromatic carbocycles. The number of nitrogens with zero attached hydrogens (tertiary/aromatic N) is 2. The first-order chi connectivity index (χ1) is 14.8. The van der Waals surface area contributed by atoms with E-state index in [2.05, 4.69) is 4.98 Å². The monoisotopic (exact) mass is 426 g/mol. The van der Waals surface area contributed by atoms with E-state index < -0.39 is 5.60 Å². The first-order valence-electron chi connectivity index (χ1n) is 10.5. The van der Waals surface area contributed by atoms with E-state index in [0.717, 1.165) is 23.3 Å². The van der Waals surface area contributed by atoms with E-state index in [-0.39, 0.29) is 24.6 Å². The predicted molar refractivity (Wildman–Crippen MR) is 115 cm³/mol. The number of esters is 1. The highest BCUT2D eigenvalue weighted by atomic mass is 16.6. The van der Waals surface area contributed by atoms with Gasteiger partial charge in [0.05, 0.1) is 6.42 Å². The minimum atomic E-state index is -0.520. The van der Waals surface area contributed by atoms with Crippen LogP contribution in [0.5, 0.6) is 5.75 Å². The number of benzene rings is 1. The summed E-state index contributed by atoms with van der Waals surface area (Å²) in [7, 11) is 0. The van der Waals surface area contributed by atoms with Crippen LogP contribution >= 0.6 is 0 Å². The topological polar surface area (TPSA) is 78.0 Å². The van der Waals surface area contributed by atoms with Crippen molar-refractivity contribution in [2.75, 3.05) is 13.1 Å². The van der Waals surface area contributed by atoms with Crippen LogP contribution < -0.4 is 4.74 Å². The van der Waals surface area contributed by atoms with Gasteiger partial charge in [0.2, 0.25) is 0 Å². The van der Waals surface area contributed by atoms with Gasteiger partial charge in [-0.3, -0.25) is 9.78 Å². The molecule has 2 heterocycles. The van der Waals surface area contributed by atoms with E-state index >= 15 is 0 Å². The van der Waals surface area contributed by atoms with Gasteiger partial charge in [-0.15, -0.1) is 0 Å². The van der Waals surface area contributed by atoms with E-state index in [9.17, 15) is 9.59 Å². The third-order valence-electron chi connectivity index (χ3n) is 4.87. The minimum Gasteiger partial charge on any atom is -0.489 e. The number of carbonyl (C=O) groups is 2. The molecule has 1 saturated heterocycles. The molecule has 1 aromatic heterocycles. The molecule has 0 bridgehead atoms. The predicted octanol–water partition coefficient (Wildman–Crippen LogP) is 4.35. The van der Waals surface area contributed by atoms with Crippen molar-refractivity contribution >= 4 is 12.1 Å². The van der Waals surface area contributed by atoms with Crippen molar-refractivity contribution in [2.24, 2.45) is 5.92 Å². The smallest absolute Gasteiger partial charge is 0.410 e. The molecule has 0 spiro atoms. The fraction of sp³-hybridized carbons (Fsp3) is 0.458. The molecule has 1 aliphatic heterocycles. The largest absolute Gasteiger partial charge is 0.489 e. The molecule has 1 amide bonds. The third kappa shape index (κ3) is 7.59. The maximum Gasteiger partial charge on any atom is 0.410 e. The van der Waals surface area contributed by atoms with E-state index in [4.69, 9.17) is 14.2 Å². The van der Waals surface area contributed by atoms with E-state index in [1.807, 2.05) is 57.2 Å². The van der Waals surface area contributed by atoms with E-state index in [1.54, 1.807) is 17.3 Å². The van der Waals surface area contributed by atoms with Crippen LogP contribution in [0.4, 0.5) is 4.79 Å². The molecule has 1 aliphatic rings. The van der Waals surface area contributed by atoms with Crippen molar-refractivity contribution in [2.45, 2.75) is 52.4 Å². The second-order valence-electron chi connectivity index (χ2n) is 8.73. The summed E-state index contributed by atoms with van der Waals surface area (Å²) in [5.41, 5.74) is 1.42. The number of rotatable bonds is 7. The first-order valence-corrected chi connectivity index (χ1v) is 10.5. The van der Waals surface area contributed by atoms with Crippen molar-refractivity contribution in [1.29, 1.82) is 0 Å². The van der Waals surface area contributed by atoms with Crippen LogP contribution in [0.25, 0.3) is 0 Å². The molecule has 166 valence electrons. The molecule has 2 aromatic rings. The molecule has 0 aliphatic carbocycles. The van der Waals surface area contributed by atoms with Crippen LogP contribution in [-0.2, 0) is 27.5 Å². The lowest BCUT2D eigenvalue weighted by Gasteiger charge is -2.24. The SMILES string of the molecule is CC(C)(C)OC(=O)N1CC[C@@H](CC(=O)OCc2ccc(OCc3ccncc3)cc2)C1. The Bertz CT molecular complexity index is 862. The van der Waals surface area contributed by atoms with Gasteiger partial charge in [0.25, 0.3) is 0 Å². The average molecular weight is 427 g/mol. The number of aromatic nitrogens is 1. The number of carbonyl (C=O) groups excluding carboxylic acids is 2. The van der Waals surface area contributed by atoms with Gasteiger partial charge < -0.3 is 19.1 Å². The molecule has 7 heteroatoms. The number of hydrogen-bond acceptors (Lipinski definition) is 6. The normalized spacial score (nSPS) is 16.1. The van der Waals surface area contributed by atoms with Crippen molar-refractivity contribution in [3.05, 3.63) is 59.9 Å². The van der Waals surface area contributed by atoms with Gasteiger partial charge in [0.15, 0.2) is 0 Å². The Morgan fingerprint density at radius 1 is 1.03 bits per heavy atom. The Morgan fingerprint density at radius 2 is 1.71 bits per heavy atom. The van der Waals surface area contributed by atoms with Crippen molar-refractivity contribution in [3.63, 3.8) is 0 Å².